The third-order valence-electron chi connectivity index (χ3n) is 3.99. The van der Waals surface area contributed by atoms with Crippen LogP contribution in [0.5, 0.6) is 0 Å². The second kappa shape index (κ2) is 2.56. The van der Waals surface area contributed by atoms with E-state index in [1.54, 1.807) is 9.03 Å². The lowest BCUT2D eigenvalue weighted by molar-refractivity contribution is 0.702. The summed E-state index contributed by atoms with van der Waals surface area (Å²) in [5, 5.41) is 0. The zero-order chi connectivity index (χ0) is 10.9. The minimum Gasteiger partial charge on any atom is -0.267 e. The third-order valence-corrected chi connectivity index (χ3v) is 3.99. The Morgan fingerprint density at radius 2 is 1.12 bits per heavy atom. The first-order valence-corrected chi connectivity index (χ1v) is 5.92. The molecule has 0 saturated carbocycles. The van der Waals surface area contributed by atoms with Crippen LogP contribution in [0.1, 0.15) is 35.4 Å². The topological polar surface area (TPSA) is 43.0 Å². The summed E-state index contributed by atoms with van der Waals surface area (Å²) < 4.78 is 3.29. The van der Waals surface area contributed by atoms with Crippen molar-refractivity contribution in [3.63, 3.8) is 0 Å². The molecule has 82 valence electrons. The molecule has 2 aliphatic carbocycles. The molecule has 2 aromatic rings. The number of aryl methyl sites for hydroxylation is 2. The van der Waals surface area contributed by atoms with Crippen molar-refractivity contribution < 1.29 is 0 Å². The van der Waals surface area contributed by atoms with E-state index in [2.05, 4.69) is 0 Å². The summed E-state index contributed by atoms with van der Waals surface area (Å²) in [5.41, 5.74) is 3.84. The highest BCUT2D eigenvalue weighted by molar-refractivity contribution is 5.32. The molecule has 0 spiro atoms. The lowest BCUT2D eigenvalue weighted by Gasteiger charge is -1.94. The van der Waals surface area contributed by atoms with Crippen molar-refractivity contribution in [3.05, 3.63) is 43.2 Å². The monoisotopic (exact) mass is 216 g/mol. The molecule has 0 saturated heterocycles. The van der Waals surface area contributed by atoms with Crippen LogP contribution in [0.25, 0.3) is 0 Å². The number of rotatable bonds is 0. The lowest BCUT2D eigenvalue weighted by atomic mass is 10.2. The summed E-state index contributed by atoms with van der Waals surface area (Å²) in [6, 6.07) is 0. The van der Waals surface area contributed by atoms with Crippen molar-refractivity contribution in [2.75, 3.05) is 0 Å². The Bertz CT molecular complexity index is 646. The largest absolute Gasteiger partial charge is 0.274 e. The van der Waals surface area contributed by atoms with Crippen LogP contribution in [0.15, 0.2) is 9.59 Å². The van der Waals surface area contributed by atoms with Crippen molar-refractivity contribution >= 4 is 0 Å². The van der Waals surface area contributed by atoms with Crippen LogP contribution in [0.4, 0.5) is 0 Å². The van der Waals surface area contributed by atoms with Crippen molar-refractivity contribution in [2.24, 2.45) is 0 Å². The summed E-state index contributed by atoms with van der Waals surface area (Å²) in [4.78, 5) is 24.4. The first kappa shape index (κ1) is 8.56. The van der Waals surface area contributed by atoms with Gasteiger partial charge >= 0.3 is 0 Å². The van der Waals surface area contributed by atoms with Crippen molar-refractivity contribution in [1.82, 2.24) is 9.03 Å². The van der Waals surface area contributed by atoms with Crippen LogP contribution >= 0.6 is 0 Å². The standard InChI is InChI=1S/C12H12N2O2/c15-11-7-3-1-5-9(7)13-12(16)8-4-2-6-10(8)14(11)13/h1-6H2. The highest BCUT2D eigenvalue weighted by Gasteiger charge is 2.29. The molecule has 2 aliphatic rings. The number of fused-ring (bicyclic) bond motifs is 5. The van der Waals surface area contributed by atoms with Gasteiger partial charge in [0.15, 0.2) is 0 Å². The van der Waals surface area contributed by atoms with Gasteiger partial charge in [0.1, 0.15) is 0 Å². The van der Waals surface area contributed by atoms with Crippen molar-refractivity contribution in [2.45, 2.75) is 38.5 Å². The Morgan fingerprint density at radius 1 is 0.688 bits per heavy atom. The van der Waals surface area contributed by atoms with Gasteiger partial charge in [-0.1, -0.05) is 0 Å². The van der Waals surface area contributed by atoms with E-state index in [1.807, 2.05) is 0 Å². The van der Waals surface area contributed by atoms with Gasteiger partial charge in [-0.3, -0.25) is 9.59 Å². The van der Waals surface area contributed by atoms with Crippen LogP contribution in [-0.2, 0) is 25.7 Å². The fraction of sp³-hybridized carbons (Fsp3) is 0.500. The smallest absolute Gasteiger partial charge is 0.267 e. The molecule has 0 atom stereocenters. The first-order chi connectivity index (χ1) is 7.79. The van der Waals surface area contributed by atoms with Gasteiger partial charge in [-0.05, 0) is 38.5 Å². The van der Waals surface area contributed by atoms with E-state index < -0.39 is 0 Å². The summed E-state index contributed by atoms with van der Waals surface area (Å²) >= 11 is 0. The van der Waals surface area contributed by atoms with Gasteiger partial charge in [-0.2, -0.15) is 0 Å². The van der Waals surface area contributed by atoms with Crippen LogP contribution in [-0.4, -0.2) is 9.03 Å². The molecule has 0 fully saturated rings. The van der Waals surface area contributed by atoms with Gasteiger partial charge in [0, 0.05) is 11.1 Å². The normalized spacial score (nSPS) is 18.2. The Hall–Kier alpha value is -1.58. The SMILES string of the molecule is O=c1c2c(n3c(=O)c4c(n13)CCC4)CCC2. The summed E-state index contributed by atoms with van der Waals surface area (Å²) in [7, 11) is 0. The molecule has 0 unspecified atom stereocenters. The van der Waals surface area contributed by atoms with Crippen LogP contribution in [0, 0.1) is 0 Å². The van der Waals surface area contributed by atoms with E-state index in [-0.39, 0.29) is 11.1 Å². The molecule has 0 bridgehead atoms. The molecule has 0 aliphatic heterocycles. The minimum atomic E-state index is 0.0627. The second-order valence-electron chi connectivity index (χ2n) is 4.79. The molecule has 0 amide bonds. The zero-order valence-corrected chi connectivity index (χ0v) is 8.95. The Labute approximate surface area is 91.5 Å². The van der Waals surface area contributed by atoms with Crippen LogP contribution in [0.2, 0.25) is 0 Å². The molecule has 2 aromatic heterocycles. The molecule has 0 radical (unpaired) electrons. The van der Waals surface area contributed by atoms with Gasteiger partial charge in [0.25, 0.3) is 11.1 Å². The maximum atomic E-state index is 12.2. The Kier molecular flexibility index (Phi) is 1.37. The minimum absolute atomic E-state index is 0.0627. The van der Waals surface area contributed by atoms with E-state index in [9.17, 15) is 9.59 Å². The fourth-order valence-electron chi connectivity index (χ4n) is 3.31. The predicted molar refractivity (Wildman–Crippen MR) is 58.6 cm³/mol. The quantitative estimate of drug-likeness (QED) is 0.630. The van der Waals surface area contributed by atoms with Crippen molar-refractivity contribution in [1.29, 1.82) is 0 Å². The maximum Gasteiger partial charge on any atom is 0.274 e. The number of nitrogens with zero attached hydrogens (tertiary/aromatic N) is 2. The Morgan fingerprint density at radius 3 is 1.56 bits per heavy atom. The van der Waals surface area contributed by atoms with E-state index in [4.69, 9.17) is 0 Å². The van der Waals surface area contributed by atoms with Gasteiger partial charge in [-0.25, -0.2) is 9.03 Å². The molecular formula is C12H12N2O2. The summed E-state index contributed by atoms with van der Waals surface area (Å²) in [5.74, 6) is 0. The zero-order valence-electron chi connectivity index (χ0n) is 8.95. The highest BCUT2D eigenvalue weighted by atomic mass is 16.2. The summed E-state index contributed by atoms with van der Waals surface area (Å²) in [6.07, 6.45) is 5.47. The molecule has 16 heavy (non-hydrogen) atoms. The molecule has 2 heterocycles. The first-order valence-electron chi connectivity index (χ1n) is 5.92. The highest BCUT2D eigenvalue weighted by Crippen LogP contribution is 2.23. The maximum absolute atomic E-state index is 12.2. The predicted octanol–water partition coefficient (Wildman–Crippen LogP) is 0.174. The molecular weight excluding hydrogens is 204 g/mol. The van der Waals surface area contributed by atoms with Gasteiger partial charge in [-0.15, -0.1) is 0 Å². The number of aromatic nitrogens is 2. The molecule has 4 rings (SSSR count). The number of hydrogen-bond acceptors (Lipinski definition) is 2. The third kappa shape index (κ3) is 0.752. The molecule has 4 heteroatoms. The number of hydrogen-bond donors (Lipinski definition) is 0. The molecule has 0 aromatic carbocycles. The van der Waals surface area contributed by atoms with Gasteiger partial charge in [0.2, 0.25) is 0 Å². The van der Waals surface area contributed by atoms with E-state index in [0.29, 0.717) is 0 Å². The van der Waals surface area contributed by atoms with E-state index in [0.717, 1.165) is 61.0 Å². The van der Waals surface area contributed by atoms with Gasteiger partial charge < -0.3 is 0 Å². The van der Waals surface area contributed by atoms with E-state index >= 15 is 0 Å². The van der Waals surface area contributed by atoms with E-state index in [1.165, 1.54) is 0 Å². The average molecular weight is 216 g/mol. The van der Waals surface area contributed by atoms with Crippen molar-refractivity contribution in [3.8, 4) is 0 Å². The average Bonchev–Trinajstić information content (AvgIpc) is 2.93. The lowest BCUT2D eigenvalue weighted by Crippen LogP contribution is -2.19. The second-order valence-corrected chi connectivity index (χ2v) is 4.79. The summed E-state index contributed by atoms with van der Waals surface area (Å²) in [6.45, 7) is 0. The van der Waals surface area contributed by atoms with Crippen LogP contribution < -0.4 is 11.1 Å². The fourth-order valence-corrected chi connectivity index (χ4v) is 3.31. The van der Waals surface area contributed by atoms with Gasteiger partial charge in [0.05, 0.1) is 11.4 Å². The van der Waals surface area contributed by atoms with Crippen LogP contribution in [0.3, 0.4) is 0 Å². The molecule has 4 nitrogen and oxygen atoms in total. The Balaban J connectivity index is 2.30. The molecule has 0 N–H and O–H groups in total.